The summed E-state index contributed by atoms with van der Waals surface area (Å²) in [4.78, 5) is 19.9. The van der Waals surface area contributed by atoms with E-state index >= 15 is 0 Å². The van der Waals surface area contributed by atoms with Gasteiger partial charge in [0.05, 0.1) is 34.2 Å². The van der Waals surface area contributed by atoms with Gasteiger partial charge in [-0.3, -0.25) is 10.7 Å². The summed E-state index contributed by atoms with van der Waals surface area (Å²) in [7, 11) is 0. The number of hydroxylamine groups is 1. The number of allylic oxidation sites excluding steroid dienone is 10. The number of fused-ring (bicyclic) bond motifs is 5. The first-order valence-electron chi connectivity index (χ1n) is 17.0. The molecule has 0 atom stereocenters. The fourth-order valence-corrected chi connectivity index (χ4v) is 7.48. The highest BCUT2D eigenvalue weighted by molar-refractivity contribution is 6.37. The minimum Gasteiger partial charge on any atom is -0.355 e. The Hall–Kier alpha value is -4.03. The van der Waals surface area contributed by atoms with Crippen LogP contribution >= 0.6 is 0 Å². The minimum absolute atomic E-state index is 0.860. The Balaban J connectivity index is 1.93. The second-order valence-electron chi connectivity index (χ2n) is 11.7. The molecule has 3 N–H and O–H groups in total. The van der Waals surface area contributed by atoms with Gasteiger partial charge in [-0.15, -0.1) is 0 Å². The highest BCUT2D eigenvalue weighted by Gasteiger charge is 2.32. The maximum absolute atomic E-state index is 9.37. The van der Waals surface area contributed by atoms with Crippen LogP contribution in [0.4, 0.5) is 0 Å². The van der Waals surface area contributed by atoms with E-state index in [0.29, 0.717) is 0 Å². The van der Waals surface area contributed by atoms with E-state index in [-0.39, 0.29) is 0 Å². The predicted molar refractivity (Wildman–Crippen MR) is 191 cm³/mol. The highest BCUT2D eigenvalue weighted by Crippen LogP contribution is 2.41. The van der Waals surface area contributed by atoms with Crippen molar-refractivity contribution in [1.29, 1.82) is 0 Å². The molecule has 0 radical (unpaired) electrons. The van der Waals surface area contributed by atoms with E-state index in [0.717, 1.165) is 103 Å². The SMILES string of the molecule is CCC1=C(CC)C2=NC1=Cc1[nH]c(c(CC)c1CC)C=C1N=C(C(CC)=C1CC)/C(=C\C=C/NO)C1=NC(=C2)C(CC)=C1CC. The number of aromatic amines is 1. The van der Waals surface area contributed by atoms with Gasteiger partial charge in [0.25, 0.3) is 0 Å². The molecule has 1 aromatic heterocycles. The van der Waals surface area contributed by atoms with Gasteiger partial charge in [-0.05, 0) is 126 Å². The summed E-state index contributed by atoms with van der Waals surface area (Å²) in [5.41, 5.74) is 21.8. The quantitative estimate of drug-likeness (QED) is 0.233. The smallest absolute Gasteiger partial charge is 0.0766 e. The molecule has 0 fully saturated rings. The van der Waals surface area contributed by atoms with Crippen LogP contribution in [0.2, 0.25) is 0 Å². The average Bonchev–Trinajstić information content (AvgIpc) is 3.78. The van der Waals surface area contributed by atoms with E-state index in [2.05, 4.69) is 84.1 Å². The second-order valence-corrected chi connectivity index (χ2v) is 11.7. The lowest BCUT2D eigenvalue weighted by Crippen LogP contribution is -2.15. The summed E-state index contributed by atoms with van der Waals surface area (Å²) in [5, 5.41) is 9.37. The minimum atomic E-state index is 0.860. The molecule has 6 nitrogen and oxygen atoms in total. The molecule has 5 heterocycles. The molecule has 4 aliphatic heterocycles. The van der Waals surface area contributed by atoms with Crippen molar-refractivity contribution in [3.05, 3.63) is 103 Å². The molecule has 1 aromatic rings. The van der Waals surface area contributed by atoms with E-state index in [1.807, 2.05) is 12.2 Å². The second kappa shape index (κ2) is 13.9. The average molecular weight is 604 g/mol. The summed E-state index contributed by atoms with van der Waals surface area (Å²) < 4.78 is 0. The summed E-state index contributed by atoms with van der Waals surface area (Å²) >= 11 is 0. The van der Waals surface area contributed by atoms with Gasteiger partial charge in [-0.1, -0.05) is 55.4 Å². The Morgan fingerprint density at radius 2 is 1.02 bits per heavy atom. The Bertz CT molecular complexity index is 1740. The van der Waals surface area contributed by atoms with E-state index in [1.165, 1.54) is 50.8 Å². The molecule has 8 bridgehead atoms. The number of nitrogens with one attached hydrogen (secondary N) is 2. The van der Waals surface area contributed by atoms with Gasteiger partial charge in [0, 0.05) is 23.2 Å². The first-order chi connectivity index (χ1) is 21.9. The maximum atomic E-state index is 9.37. The molecule has 0 unspecified atom stereocenters. The molecule has 45 heavy (non-hydrogen) atoms. The summed E-state index contributed by atoms with van der Waals surface area (Å²) in [6.45, 7) is 17.8. The van der Waals surface area contributed by atoms with Crippen molar-refractivity contribution >= 4 is 29.3 Å². The normalized spacial score (nSPS) is 19.1. The first kappa shape index (κ1) is 32.4. The van der Waals surface area contributed by atoms with E-state index in [4.69, 9.17) is 15.0 Å². The van der Waals surface area contributed by atoms with Crippen LogP contribution in [-0.2, 0) is 12.8 Å². The Kier molecular flexibility index (Phi) is 10.0. The Morgan fingerprint density at radius 3 is 1.47 bits per heavy atom. The van der Waals surface area contributed by atoms with Crippen LogP contribution in [0.5, 0.6) is 0 Å². The van der Waals surface area contributed by atoms with Gasteiger partial charge in [0.2, 0.25) is 0 Å². The molecule has 0 aromatic carbocycles. The van der Waals surface area contributed by atoms with Crippen LogP contribution in [0.15, 0.2) is 95.5 Å². The molecule has 0 saturated heterocycles. The van der Waals surface area contributed by atoms with Crippen LogP contribution in [-0.4, -0.2) is 27.3 Å². The van der Waals surface area contributed by atoms with Crippen LogP contribution in [0.1, 0.15) is 116 Å². The monoisotopic (exact) mass is 603 g/mol. The van der Waals surface area contributed by atoms with Gasteiger partial charge >= 0.3 is 0 Å². The number of aromatic nitrogens is 1. The van der Waals surface area contributed by atoms with Gasteiger partial charge in [-0.2, -0.15) is 0 Å². The van der Waals surface area contributed by atoms with Gasteiger partial charge in [0.1, 0.15) is 0 Å². The topological polar surface area (TPSA) is 85.1 Å². The van der Waals surface area contributed by atoms with Crippen molar-refractivity contribution in [2.45, 2.75) is 107 Å². The number of hydrogen-bond donors (Lipinski definition) is 3. The molecule has 0 aliphatic carbocycles. The zero-order chi connectivity index (χ0) is 32.2. The van der Waals surface area contributed by atoms with Crippen molar-refractivity contribution in [1.82, 2.24) is 10.5 Å². The molecular formula is C39H49N5O. The fraction of sp³-hybridized carbons (Fsp3) is 0.410. The molecule has 5 rings (SSSR count). The van der Waals surface area contributed by atoms with Gasteiger partial charge < -0.3 is 4.98 Å². The lowest BCUT2D eigenvalue weighted by atomic mass is 9.88. The first-order valence-corrected chi connectivity index (χ1v) is 17.0. The van der Waals surface area contributed by atoms with Crippen LogP contribution < -0.4 is 5.48 Å². The third kappa shape index (κ3) is 5.65. The van der Waals surface area contributed by atoms with Gasteiger partial charge in [-0.25, -0.2) is 15.0 Å². The summed E-state index contributed by atoms with van der Waals surface area (Å²) in [5.74, 6) is 0. The Morgan fingerprint density at radius 1 is 0.578 bits per heavy atom. The van der Waals surface area contributed by atoms with E-state index < -0.39 is 0 Å². The molecule has 4 aliphatic rings. The summed E-state index contributed by atoms with van der Waals surface area (Å²) in [6, 6.07) is 0. The molecule has 236 valence electrons. The lowest BCUT2D eigenvalue weighted by Gasteiger charge is -2.13. The molecule has 6 heteroatoms. The lowest BCUT2D eigenvalue weighted by molar-refractivity contribution is 0.214. The number of hydrogen-bond acceptors (Lipinski definition) is 5. The van der Waals surface area contributed by atoms with Crippen LogP contribution in [0, 0.1) is 0 Å². The fourth-order valence-electron chi connectivity index (χ4n) is 7.48. The Labute approximate surface area is 269 Å². The van der Waals surface area contributed by atoms with E-state index in [1.54, 1.807) is 0 Å². The van der Waals surface area contributed by atoms with Crippen molar-refractivity contribution in [2.24, 2.45) is 15.0 Å². The van der Waals surface area contributed by atoms with Crippen molar-refractivity contribution < 1.29 is 5.21 Å². The molecule has 0 saturated carbocycles. The zero-order valence-corrected chi connectivity index (χ0v) is 28.4. The molecular weight excluding hydrogens is 554 g/mol. The van der Waals surface area contributed by atoms with E-state index in [9.17, 15) is 5.21 Å². The largest absolute Gasteiger partial charge is 0.355 e. The van der Waals surface area contributed by atoms with Crippen LogP contribution in [0.3, 0.4) is 0 Å². The number of aliphatic imine (C=N–C) groups is 3. The van der Waals surface area contributed by atoms with Crippen molar-refractivity contribution in [2.75, 3.05) is 0 Å². The highest BCUT2D eigenvalue weighted by atomic mass is 16.5. The predicted octanol–water partition coefficient (Wildman–Crippen LogP) is 9.85. The van der Waals surface area contributed by atoms with Gasteiger partial charge in [0.15, 0.2) is 0 Å². The number of rotatable bonds is 10. The van der Waals surface area contributed by atoms with Crippen molar-refractivity contribution in [3.63, 3.8) is 0 Å². The standard InChI is InChI=1S/C39H49N5O/c1-9-23-25(11-3)34-21-36-27(13-5)29(15-7)38(43-36)31(18-17-19-40-45)39-30(16-8)28(14-6)37(44-39)22-35-26(12-4)24(10-2)33(42-35)20-32(23)41-34/h17-22,40-41,45H,9-16H2,1-8H3/b19-17-,31-18+,33-20?,36-21?,37-22?. The maximum Gasteiger partial charge on any atom is 0.0766 e. The molecule has 0 amide bonds. The van der Waals surface area contributed by atoms with Crippen molar-refractivity contribution in [3.8, 4) is 0 Å². The number of H-pyrrole nitrogens is 1. The number of nitrogens with zero attached hydrogens (tertiary/aromatic N) is 3. The molecule has 0 spiro atoms. The zero-order valence-electron chi connectivity index (χ0n) is 28.4. The summed E-state index contributed by atoms with van der Waals surface area (Å²) in [6.07, 6.45) is 19.4. The van der Waals surface area contributed by atoms with Crippen LogP contribution in [0.25, 0.3) is 12.2 Å². The third-order valence-corrected chi connectivity index (χ3v) is 9.50. The third-order valence-electron chi connectivity index (χ3n) is 9.50.